The van der Waals surface area contributed by atoms with Gasteiger partial charge in [-0.25, -0.2) is 0 Å². The number of ether oxygens (including phenoxy) is 2. The number of pyridine rings is 1. The summed E-state index contributed by atoms with van der Waals surface area (Å²) in [6, 6.07) is 18.5. The second kappa shape index (κ2) is 7.15. The van der Waals surface area contributed by atoms with Gasteiger partial charge >= 0.3 is 6.29 Å². The molecule has 1 aliphatic carbocycles. The standard InChI is InChI=1S/C25H21F2NO3/c1-2-16-8-10-19(28-23(16)17-6-4-3-5-7-17)15-22(29)24(12-13-24)18-9-11-20-21(14-18)31-25(26,27)30-20/h3-11,14H,2,12-13,15H2,1H3. The van der Waals surface area contributed by atoms with Gasteiger partial charge in [0.15, 0.2) is 11.5 Å². The first-order chi connectivity index (χ1) is 14.9. The van der Waals surface area contributed by atoms with E-state index in [-0.39, 0.29) is 23.7 Å². The number of halogens is 2. The predicted octanol–water partition coefficient (Wildman–Crippen LogP) is 5.48. The highest BCUT2D eigenvalue weighted by molar-refractivity contribution is 5.94. The molecular weight excluding hydrogens is 400 g/mol. The molecule has 2 heterocycles. The maximum atomic E-state index is 13.3. The van der Waals surface area contributed by atoms with Crippen molar-refractivity contribution in [3.8, 4) is 22.8 Å². The van der Waals surface area contributed by atoms with Gasteiger partial charge in [-0.2, -0.15) is 0 Å². The van der Waals surface area contributed by atoms with Gasteiger partial charge in [-0.3, -0.25) is 9.78 Å². The number of aryl methyl sites for hydroxylation is 1. The molecule has 1 fully saturated rings. The summed E-state index contributed by atoms with van der Waals surface area (Å²) >= 11 is 0. The average molecular weight is 421 g/mol. The number of alkyl halides is 2. The van der Waals surface area contributed by atoms with Crippen molar-refractivity contribution in [3.63, 3.8) is 0 Å². The van der Waals surface area contributed by atoms with E-state index < -0.39 is 11.7 Å². The molecule has 0 unspecified atom stereocenters. The number of rotatable bonds is 6. The first-order valence-corrected chi connectivity index (χ1v) is 10.4. The second-order valence-electron chi connectivity index (χ2n) is 8.04. The largest absolute Gasteiger partial charge is 0.586 e. The zero-order valence-corrected chi connectivity index (χ0v) is 17.0. The molecule has 0 N–H and O–H groups in total. The Hall–Kier alpha value is -3.28. The fraction of sp³-hybridized carbons (Fsp3) is 0.280. The molecule has 3 aromatic rings. The molecule has 5 rings (SSSR count). The smallest absolute Gasteiger partial charge is 0.395 e. The van der Waals surface area contributed by atoms with E-state index >= 15 is 0 Å². The Kier molecular flexibility index (Phi) is 4.54. The molecule has 0 atom stereocenters. The van der Waals surface area contributed by atoms with Gasteiger partial charge in [0.1, 0.15) is 5.78 Å². The fourth-order valence-corrected chi connectivity index (χ4v) is 4.19. The summed E-state index contributed by atoms with van der Waals surface area (Å²) in [5, 5.41) is 0. The number of nitrogens with zero attached hydrogens (tertiary/aromatic N) is 1. The molecule has 1 saturated carbocycles. The average Bonchev–Trinajstić information content (AvgIpc) is 3.51. The van der Waals surface area contributed by atoms with E-state index in [1.807, 2.05) is 42.5 Å². The fourth-order valence-electron chi connectivity index (χ4n) is 4.19. The highest BCUT2D eigenvalue weighted by atomic mass is 19.3. The molecule has 0 bridgehead atoms. The molecular formula is C25H21F2NO3. The Morgan fingerprint density at radius 2 is 1.74 bits per heavy atom. The summed E-state index contributed by atoms with van der Waals surface area (Å²) in [4.78, 5) is 18.1. The summed E-state index contributed by atoms with van der Waals surface area (Å²) in [5.74, 6) is -0.00595. The number of hydrogen-bond donors (Lipinski definition) is 0. The topological polar surface area (TPSA) is 48.4 Å². The minimum absolute atomic E-state index is 0.0127. The zero-order chi connectivity index (χ0) is 21.6. The van der Waals surface area contributed by atoms with E-state index in [1.54, 1.807) is 6.07 Å². The zero-order valence-electron chi connectivity index (χ0n) is 17.0. The highest BCUT2D eigenvalue weighted by Gasteiger charge is 2.52. The van der Waals surface area contributed by atoms with Gasteiger partial charge in [-0.1, -0.05) is 49.4 Å². The lowest BCUT2D eigenvalue weighted by atomic mass is 9.88. The summed E-state index contributed by atoms with van der Waals surface area (Å²) in [6.07, 6.45) is -1.27. The van der Waals surface area contributed by atoms with Gasteiger partial charge < -0.3 is 9.47 Å². The van der Waals surface area contributed by atoms with Crippen LogP contribution in [0.3, 0.4) is 0 Å². The van der Waals surface area contributed by atoms with E-state index in [9.17, 15) is 13.6 Å². The van der Waals surface area contributed by atoms with Crippen molar-refractivity contribution in [3.05, 3.63) is 77.5 Å². The number of carbonyl (C=O) groups is 1. The Bertz CT molecular complexity index is 1160. The van der Waals surface area contributed by atoms with Gasteiger partial charge in [-0.15, -0.1) is 8.78 Å². The molecule has 0 amide bonds. The number of benzene rings is 2. The van der Waals surface area contributed by atoms with E-state index in [4.69, 9.17) is 4.98 Å². The Morgan fingerprint density at radius 1 is 1.00 bits per heavy atom. The van der Waals surface area contributed by atoms with Crippen molar-refractivity contribution < 1.29 is 23.0 Å². The quantitative estimate of drug-likeness (QED) is 0.529. The van der Waals surface area contributed by atoms with Crippen LogP contribution < -0.4 is 9.47 Å². The van der Waals surface area contributed by atoms with Crippen molar-refractivity contribution in [2.45, 2.75) is 44.3 Å². The molecule has 0 spiro atoms. The van der Waals surface area contributed by atoms with Crippen LogP contribution in [0.1, 0.15) is 36.6 Å². The van der Waals surface area contributed by atoms with Gasteiger partial charge in [0.25, 0.3) is 0 Å². The molecule has 158 valence electrons. The van der Waals surface area contributed by atoms with Gasteiger partial charge in [-0.05, 0) is 48.6 Å². The van der Waals surface area contributed by atoms with E-state index in [0.29, 0.717) is 24.1 Å². The van der Waals surface area contributed by atoms with Crippen LogP contribution in [0, 0.1) is 0 Å². The van der Waals surface area contributed by atoms with Crippen LogP contribution in [0.25, 0.3) is 11.3 Å². The minimum Gasteiger partial charge on any atom is -0.395 e. The van der Waals surface area contributed by atoms with Crippen molar-refractivity contribution in [1.29, 1.82) is 0 Å². The lowest BCUT2D eigenvalue weighted by Gasteiger charge is -2.16. The van der Waals surface area contributed by atoms with Crippen molar-refractivity contribution in [2.24, 2.45) is 0 Å². The maximum absolute atomic E-state index is 13.3. The highest BCUT2D eigenvalue weighted by Crippen LogP contribution is 2.52. The molecule has 1 aromatic heterocycles. The SMILES string of the molecule is CCc1ccc(CC(=O)C2(c3ccc4c(c3)OC(F)(F)O4)CC2)nc1-c1ccccc1. The predicted molar refractivity (Wildman–Crippen MR) is 111 cm³/mol. The third-order valence-corrected chi connectivity index (χ3v) is 6.04. The third-order valence-electron chi connectivity index (χ3n) is 6.04. The Balaban J connectivity index is 1.41. The summed E-state index contributed by atoms with van der Waals surface area (Å²) in [5.41, 5.74) is 3.76. The summed E-state index contributed by atoms with van der Waals surface area (Å²) in [7, 11) is 0. The van der Waals surface area contributed by atoms with Gasteiger partial charge in [0.2, 0.25) is 0 Å². The summed E-state index contributed by atoms with van der Waals surface area (Å²) < 4.78 is 35.7. The monoisotopic (exact) mass is 421 g/mol. The van der Waals surface area contributed by atoms with E-state index in [0.717, 1.165) is 23.2 Å². The van der Waals surface area contributed by atoms with E-state index in [1.165, 1.54) is 12.1 Å². The molecule has 4 nitrogen and oxygen atoms in total. The van der Waals surface area contributed by atoms with Crippen LogP contribution in [0.5, 0.6) is 11.5 Å². The normalized spacial score (nSPS) is 17.4. The first kappa shape index (κ1) is 19.7. The number of fused-ring (bicyclic) bond motifs is 1. The molecule has 2 aromatic carbocycles. The first-order valence-electron chi connectivity index (χ1n) is 10.4. The molecule has 6 heteroatoms. The lowest BCUT2D eigenvalue weighted by Crippen LogP contribution is -2.26. The Morgan fingerprint density at radius 3 is 2.45 bits per heavy atom. The van der Waals surface area contributed by atoms with Crippen LogP contribution >= 0.6 is 0 Å². The Labute approximate surface area is 178 Å². The van der Waals surface area contributed by atoms with Crippen LogP contribution in [0.15, 0.2) is 60.7 Å². The number of hydrogen-bond acceptors (Lipinski definition) is 4. The van der Waals surface area contributed by atoms with Crippen molar-refractivity contribution in [2.75, 3.05) is 0 Å². The second-order valence-corrected chi connectivity index (χ2v) is 8.04. The third kappa shape index (κ3) is 3.56. The molecule has 31 heavy (non-hydrogen) atoms. The van der Waals surface area contributed by atoms with E-state index in [2.05, 4.69) is 16.4 Å². The molecule has 0 radical (unpaired) electrons. The van der Waals surface area contributed by atoms with Crippen LogP contribution in [0.4, 0.5) is 8.78 Å². The number of carbonyl (C=O) groups excluding carboxylic acids is 1. The van der Waals surface area contributed by atoms with Gasteiger partial charge in [0.05, 0.1) is 11.1 Å². The number of aromatic nitrogens is 1. The number of ketones is 1. The molecule has 2 aliphatic rings. The molecule has 0 saturated heterocycles. The van der Waals surface area contributed by atoms with Crippen molar-refractivity contribution in [1.82, 2.24) is 4.98 Å². The number of Topliss-reactive ketones (excluding diaryl/α,β-unsaturated/α-hetero) is 1. The molecule has 1 aliphatic heterocycles. The van der Waals surface area contributed by atoms with Crippen LogP contribution in [0.2, 0.25) is 0 Å². The lowest BCUT2D eigenvalue weighted by molar-refractivity contribution is -0.286. The summed E-state index contributed by atoms with van der Waals surface area (Å²) in [6.45, 7) is 2.08. The van der Waals surface area contributed by atoms with Crippen LogP contribution in [-0.4, -0.2) is 17.1 Å². The van der Waals surface area contributed by atoms with Gasteiger partial charge in [0, 0.05) is 17.7 Å². The minimum atomic E-state index is -3.67. The van der Waals surface area contributed by atoms with Crippen molar-refractivity contribution >= 4 is 5.78 Å². The maximum Gasteiger partial charge on any atom is 0.586 e. The van der Waals surface area contributed by atoms with Crippen LogP contribution in [-0.2, 0) is 23.1 Å².